The van der Waals surface area contributed by atoms with Gasteiger partial charge < -0.3 is 4.74 Å². The van der Waals surface area contributed by atoms with Crippen molar-refractivity contribution in [3.63, 3.8) is 0 Å². The summed E-state index contributed by atoms with van der Waals surface area (Å²) in [4.78, 5) is 0. The molecule has 0 saturated carbocycles. The Bertz CT molecular complexity index is 281. The van der Waals surface area contributed by atoms with Gasteiger partial charge in [0, 0.05) is 5.38 Å². The summed E-state index contributed by atoms with van der Waals surface area (Å²) in [5.41, 5.74) is 1.32. The van der Waals surface area contributed by atoms with Crippen LogP contribution in [0.4, 0.5) is 0 Å². The minimum atomic E-state index is 0.270. The summed E-state index contributed by atoms with van der Waals surface area (Å²) >= 11 is 6.20. The predicted molar refractivity (Wildman–Crippen MR) is 65.8 cm³/mol. The Kier molecular flexibility index (Phi) is 4.97. The van der Waals surface area contributed by atoms with E-state index >= 15 is 0 Å². The molecule has 0 radical (unpaired) electrons. The van der Waals surface area contributed by atoms with Crippen LogP contribution >= 0.6 is 11.6 Å². The van der Waals surface area contributed by atoms with Gasteiger partial charge in [0.05, 0.1) is 7.11 Å². The van der Waals surface area contributed by atoms with E-state index in [4.69, 9.17) is 16.3 Å². The highest BCUT2D eigenvalue weighted by Gasteiger charge is 2.12. The van der Waals surface area contributed by atoms with E-state index in [1.54, 1.807) is 7.11 Å². The van der Waals surface area contributed by atoms with Gasteiger partial charge in [-0.2, -0.15) is 0 Å². The van der Waals surface area contributed by atoms with Crippen LogP contribution in [-0.2, 0) is 6.42 Å². The van der Waals surface area contributed by atoms with Gasteiger partial charge in [0.2, 0.25) is 0 Å². The first-order valence-electron chi connectivity index (χ1n) is 5.44. The van der Waals surface area contributed by atoms with E-state index in [0.29, 0.717) is 5.92 Å². The second kappa shape index (κ2) is 6.02. The van der Waals surface area contributed by atoms with Gasteiger partial charge in [-0.25, -0.2) is 0 Å². The molecule has 0 amide bonds. The number of hydrogen-bond acceptors (Lipinski definition) is 1. The van der Waals surface area contributed by atoms with Crippen LogP contribution in [0.15, 0.2) is 24.3 Å². The molecule has 1 rings (SSSR count). The first-order valence-corrected chi connectivity index (χ1v) is 5.88. The Hall–Kier alpha value is -0.690. The maximum absolute atomic E-state index is 6.20. The third-order valence-electron chi connectivity index (χ3n) is 2.72. The normalized spacial score (nSPS) is 14.7. The van der Waals surface area contributed by atoms with Gasteiger partial charge >= 0.3 is 0 Å². The van der Waals surface area contributed by atoms with Gasteiger partial charge in [-0.1, -0.05) is 26.0 Å². The number of benzene rings is 1. The molecule has 2 heteroatoms. The van der Waals surface area contributed by atoms with Gasteiger partial charge in [0.25, 0.3) is 0 Å². The molecule has 0 aromatic heterocycles. The monoisotopic (exact) mass is 226 g/mol. The predicted octanol–water partition coefficient (Wildman–Crippen LogP) is 3.89. The number of hydrogen-bond donors (Lipinski definition) is 0. The summed E-state index contributed by atoms with van der Waals surface area (Å²) < 4.78 is 5.12. The summed E-state index contributed by atoms with van der Waals surface area (Å²) in [5.74, 6) is 1.43. The van der Waals surface area contributed by atoms with Gasteiger partial charge in [0.15, 0.2) is 0 Å². The third-order valence-corrected chi connectivity index (χ3v) is 3.46. The fourth-order valence-electron chi connectivity index (χ4n) is 1.66. The van der Waals surface area contributed by atoms with Crippen molar-refractivity contribution in [1.82, 2.24) is 0 Å². The molecule has 1 aromatic rings. The number of rotatable bonds is 5. The first-order chi connectivity index (χ1) is 7.17. The van der Waals surface area contributed by atoms with Gasteiger partial charge in [0.1, 0.15) is 5.75 Å². The molecule has 0 N–H and O–H groups in total. The van der Waals surface area contributed by atoms with Crippen LogP contribution in [-0.4, -0.2) is 12.5 Å². The zero-order chi connectivity index (χ0) is 11.3. The van der Waals surface area contributed by atoms with Gasteiger partial charge in [-0.05, 0) is 36.5 Å². The van der Waals surface area contributed by atoms with Crippen molar-refractivity contribution in [3.05, 3.63) is 29.8 Å². The largest absolute Gasteiger partial charge is 0.497 e. The van der Waals surface area contributed by atoms with Gasteiger partial charge in [-0.15, -0.1) is 11.6 Å². The van der Waals surface area contributed by atoms with E-state index in [1.165, 1.54) is 5.56 Å². The van der Waals surface area contributed by atoms with E-state index in [1.807, 2.05) is 12.1 Å². The molecule has 1 nitrogen and oxygen atoms in total. The Morgan fingerprint density at radius 2 is 1.87 bits per heavy atom. The lowest BCUT2D eigenvalue weighted by Gasteiger charge is -2.16. The van der Waals surface area contributed by atoms with Crippen LogP contribution in [0.25, 0.3) is 0 Å². The average Bonchev–Trinajstić information content (AvgIpc) is 2.29. The molecule has 2 atom stereocenters. The van der Waals surface area contributed by atoms with E-state index < -0.39 is 0 Å². The molecule has 0 fully saturated rings. The summed E-state index contributed by atoms with van der Waals surface area (Å²) in [5, 5.41) is 0.270. The molecule has 0 bridgehead atoms. The van der Waals surface area contributed by atoms with Crippen LogP contribution in [0.2, 0.25) is 0 Å². The van der Waals surface area contributed by atoms with Crippen LogP contribution in [0.3, 0.4) is 0 Å². The average molecular weight is 227 g/mol. The van der Waals surface area contributed by atoms with E-state index in [-0.39, 0.29) is 5.38 Å². The molecular formula is C13H19ClO. The third kappa shape index (κ3) is 3.75. The summed E-state index contributed by atoms with van der Waals surface area (Å²) in [6.07, 6.45) is 2.06. The molecule has 0 saturated heterocycles. The second-order valence-corrected chi connectivity index (χ2v) is 4.51. The maximum atomic E-state index is 6.20. The summed E-state index contributed by atoms with van der Waals surface area (Å²) in [7, 11) is 1.68. The summed E-state index contributed by atoms with van der Waals surface area (Å²) in [6, 6.07) is 8.21. The van der Waals surface area contributed by atoms with Crippen molar-refractivity contribution < 1.29 is 4.74 Å². The van der Waals surface area contributed by atoms with Crippen LogP contribution in [0.5, 0.6) is 5.75 Å². The molecule has 0 heterocycles. The SMILES string of the molecule is CCC(Cl)C(C)Cc1ccc(OC)cc1. The van der Waals surface area contributed by atoms with Crippen molar-refractivity contribution >= 4 is 11.6 Å². The highest BCUT2D eigenvalue weighted by molar-refractivity contribution is 6.20. The topological polar surface area (TPSA) is 9.23 Å². The highest BCUT2D eigenvalue weighted by Crippen LogP contribution is 2.20. The van der Waals surface area contributed by atoms with Crippen molar-refractivity contribution in [1.29, 1.82) is 0 Å². The Morgan fingerprint density at radius 1 is 1.27 bits per heavy atom. The number of methoxy groups -OCH3 is 1. The number of alkyl halides is 1. The van der Waals surface area contributed by atoms with Crippen molar-refractivity contribution in [2.45, 2.75) is 32.1 Å². The smallest absolute Gasteiger partial charge is 0.118 e. The molecule has 84 valence electrons. The standard InChI is InChI=1S/C13H19ClO/c1-4-13(14)10(2)9-11-5-7-12(15-3)8-6-11/h5-8,10,13H,4,9H2,1-3H3. The second-order valence-electron chi connectivity index (χ2n) is 3.95. The molecule has 0 aliphatic heterocycles. The lowest BCUT2D eigenvalue weighted by atomic mass is 9.96. The molecule has 15 heavy (non-hydrogen) atoms. The number of halogens is 1. The quantitative estimate of drug-likeness (QED) is 0.693. The highest BCUT2D eigenvalue weighted by atomic mass is 35.5. The number of ether oxygens (including phenoxy) is 1. The van der Waals surface area contributed by atoms with Crippen molar-refractivity contribution in [3.8, 4) is 5.75 Å². The van der Waals surface area contributed by atoms with E-state index in [2.05, 4.69) is 26.0 Å². The van der Waals surface area contributed by atoms with Crippen molar-refractivity contribution in [2.24, 2.45) is 5.92 Å². The Morgan fingerprint density at radius 3 is 2.33 bits per heavy atom. The van der Waals surface area contributed by atoms with E-state index in [9.17, 15) is 0 Å². The van der Waals surface area contributed by atoms with Gasteiger partial charge in [-0.3, -0.25) is 0 Å². The van der Waals surface area contributed by atoms with Crippen LogP contribution in [0.1, 0.15) is 25.8 Å². The molecular weight excluding hydrogens is 208 g/mol. The zero-order valence-electron chi connectivity index (χ0n) is 9.66. The van der Waals surface area contributed by atoms with Crippen LogP contribution < -0.4 is 4.74 Å². The summed E-state index contributed by atoms with van der Waals surface area (Å²) in [6.45, 7) is 4.33. The van der Waals surface area contributed by atoms with Crippen LogP contribution in [0, 0.1) is 5.92 Å². The first kappa shape index (κ1) is 12.4. The fraction of sp³-hybridized carbons (Fsp3) is 0.538. The zero-order valence-corrected chi connectivity index (χ0v) is 10.4. The van der Waals surface area contributed by atoms with E-state index in [0.717, 1.165) is 18.6 Å². The Labute approximate surface area is 97.4 Å². The minimum absolute atomic E-state index is 0.270. The minimum Gasteiger partial charge on any atom is -0.497 e. The molecule has 2 unspecified atom stereocenters. The fourth-order valence-corrected chi connectivity index (χ4v) is 1.75. The molecule has 0 aliphatic rings. The molecule has 0 aliphatic carbocycles. The molecule has 0 spiro atoms. The maximum Gasteiger partial charge on any atom is 0.118 e. The molecule has 1 aromatic carbocycles. The van der Waals surface area contributed by atoms with Crippen molar-refractivity contribution in [2.75, 3.05) is 7.11 Å². The lowest BCUT2D eigenvalue weighted by Crippen LogP contribution is -2.12. The Balaban J connectivity index is 2.57. The lowest BCUT2D eigenvalue weighted by molar-refractivity contribution is 0.414.